The maximum atomic E-state index is 15.3. The molecule has 0 atom stereocenters. The maximum absolute atomic E-state index is 15.3. The van der Waals surface area contributed by atoms with Crippen molar-refractivity contribution in [1.29, 1.82) is 0 Å². The lowest BCUT2D eigenvalue weighted by Crippen LogP contribution is -2.13. The number of rotatable bonds is 2. The lowest BCUT2D eigenvalue weighted by atomic mass is 9.96. The molecule has 0 aliphatic heterocycles. The maximum Gasteiger partial charge on any atom is 0.417 e. The first-order valence-corrected chi connectivity index (χ1v) is 8.22. The van der Waals surface area contributed by atoms with Gasteiger partial charge in [0, 0.05) is 5.56 Å². The van der Waals surface area contributed by atoms with Crippen LogP contribution in [0.2, 0.25) is 5.02 Å². The zero-order valence-corrected chi connectivity index (χ0v) is 15.7. The monoisotopic (exact) mass is 425 g/mol. The molecule has 0 amide bonds. The number of terminal acetylenes is 1. The van der Waals surface area contributed by atoms with Crippen LogP contribution >= 0.6 is 11.6 Å². The highest BCUT2D eigenvalue weighted by atomic mass is 35.5. The summed E-state index contributed by atoms with van der Waals surface area (Å²) >= 11 is 5.88. The van der Waals surface area contributed by atoms with Gasteiger partial charge in [-0.15, -0.1) is 6.42 Å². The molecule has 0 radical (unpaired) electrons. The summed E-state index contributed by atoms with van der Waals surface area (Å²) in [4.78, 5) is 11.5. The molecule has 0 aliphatic carbocycles. The smallest absolute Gasteiger partial charge is 0.417 e. The minimum atomic E-state index is -4.88. The molecule has 0 saturated heterocycles. The van der Waals surface area contributed by atoms with E-state index in [1.165, 1.54) is 7.11 Å². The van der Waals surface area contributed by atoms with E-state index in [0.29, 0.717) is 0 Å². The number of halogens is 5. The molecular formula is C18H12ClF4N5O. The van der Waals surface area contributed by atoms with Gasteiger partial charge in [-0.2, -0.15) is 23.1 Å². The number of hydrogen-bond donors (Lipinski definition) is 2. The van der Waals surface area contributed by atoms with Crippen molar-refractivity contribution >= 4 is 34.0 Å². The number of benzene rings is 1. The molecule has 3 rings (SSSR count). The molecule has 0 aliphatic rings. The number of hydrogen-bond acceptors (Lipinski definition) is 6. The molecule has 2 aromatic heterocycles. The van der Waals surface area contributed by atoms with Crippen LogP contribution < -0.4 is 16.2 Å². The zero-order valence-electron chi connectivity index (χ0n) is 14.9. The van der Waals surface area contributed by atoms with E-state index >= 15 is 4.39 Å². The minimum absolute atomic E-state index is 0.123. The highest BCUT2D eigenvalue weighted by Gasteiger charge is 2.38. The molecular weight excluding hydrogens is 414 g/mol. The molecule has 1 aromatic carbocycles. The van der Waals surface area contributed by atoms with Crippen LogP contribution in [0.1, 0.15) is 16.8 Å². The second kappa shape index (κ2) is 6.93. The Bertz CT molecular complexity index is 1200. The fraction of sp³-hybridized carbons (Fsp3) is 0.167. The van der Waals surface area contributed by atoms with Crippen molar-refractivity contribution in [3.8, 4) is 29.6 Å². The number of anilines is 2. The van der Waals surface area contributed by atoms with E-state index < -0.39 is 34.3 Å². The standard InChI is InChI=1S/C18H12ClF4N5O/c1-4-9-10-15(27-17(29-3)28-16(10)25)13(20)14(26-9)7-5-8(24)12(19)6(2)11(7)18(21,22)23/h1,5H,24H2,2-3H3,(H2,25,27,28). The molecule has 0 spiro atoms. The molecule has 0 fully saturated rings. The Morgan fingerprint density at radius 1 is 1.21 bits per heavy atom. The van der Waals surface area contributed by atoms with Crippen molar-refractivity contribution in [2.24, 2.45) is 0 Å². The Labute approximate surface area is 166 Å². The van der Waals surface area contributed by atoms with Crippen molar-refractivity contribution in [2.45, 2.75) is 13.1 Å². The van der Waals surface area contributed by atoms with Crippen molar-refractivity contribution < 1.29 is 22.3 Å². The summed E-state index contributed by atoms with van der Waals surface area (Å²) in [6.45, 7) is 1.12. The molecule has 2 heterocycles. The van der Waals surface area contributed by atoms with Crippen LogP contribution in [0, 0.1) is 25.1 Å². The molecule has 6 nitrogen and oxygen atoms in total. The van der Waals surface area contributed by atoms with Crippen LogP contribution in [-0.2, 0) is 6.18 Å². The third kappa shape index (κ3) is 3.23. The fourth-order valence-corrected chi connectivity index (χ4v) is 3.07. The summed E-state index contributed by atoms with van der Waals surface area (Å²) in [6.07, 6.45) is 0.538. The van der Waals surface area contributed by atoms with Gasteiger partial charge >= 0.3 is 12.2 Å². The van der Waals surface area contributed by atoms with Gasteiger partial charge < -0.3 is 16.2 Å². The van der Waals surface area contributed by atoms with Crippen molar-refractivity contribution in [2.75, 3.05) is 18.6 Å². The first kappa shape index (κ1) is 20.4. The quantitative estimate of drug-likeness (QED) is 0.366. The predicted molar refractivity (Wildman–Crippen MR) is 101 cm³/mol. The lowest BCUT2D eigenvalue weighted by molar-refractivity contribution is -0.137. The zero-order chi connectivity index (χ0) is 21.7. The summed E-state index contributed by atoms with van der Waals surface area (Å²) in [7, 11) is 1.22. The van der Waals surface area contributed by atoms with E-state index in [9.17, 15) is 13.2 Å². The number of nitrogens with zero attached hydrogens (tertiary/aromatic N) is 3. The van der Waals surface area contributed by atoms with E-state index in [2.05, 4.69) is 20.9 Å². The van der Waals surface area contributed by atoms with Gasteiger partial charge in [-0.25, -0.2) is 9.37 Å². The Morgan fingerprint density at radius 2 is 1.86 bits per heavy atom. The van der Waals surface area contributed by atoms with Crippen LogP contribution in [0.25, 0.3) is 22.2 Å². The summed E-state index contributed by atoms with van der Waals surface area (Å²) < 4.78 is 61.5. The minimum Gasteiger partial charge on any atom is -0.467 e. The molecule has 0 unspecified atom stereocenters. The van der Waals surface area contributed by atoms with Gasteiger partial charge in [0.2, 0.25) is 0 Å². The number of ether oxygens (including phenoxy) is 1. The van der Waals surface area contributed by atoms with Gasteiger partial charge in [0.15, 0.2) is 5.82 Å². The number of nitrogens with two attached hydrogens (primary N) is 2. The van der Waals surface area contributed by atoms with E-state index in [1.54, 1.807) is 0 Å². The second-order valence-corrected chi connectivity index (χ2v) is 6.29. The van der Waals surface area contributed by atoms with Crippen LogP contribution in [0.15, 0.2) is 6.07 Å². The van der Waals surface area contributed by atoms with Gasteiger partial charge in [0.1, 0.15) is 22.7 Å². The van der Waals surface area contributed by atoms with Crippen LogP contribution in [0.4, 0.5) is 29.1 Å². The Kier molecular flexibility index (Phi) is 4.88. The van der Waals surface area contributed by atoms with Gasteiger partial charge in [-0.3, -0.25) is 0 Å². The molecule has 4 N–H and O–H groups in total. The average Bonchev–Trinajstić information content (AvgIpc) is 2.65. The Balaban J connectivity index is 2.53. The normalized spacial score (nSPS) is 11.5. The Hall–Kier alpha value is -3.32. The topological polar surface area (TPSA) is 99.9 Å². The number of nitrogen functional groups attached to an aromatic ring is 2. The average molecular weight is 426 g/mol. The molecule has 29 heavy (non-hydrogen) atoms. The van der Waals surface area contributed by atoms with Crippen LogP contribution in [0.5, 0.6) is 6.01 Å². The predicted octanol–water partition coefficient (Wildman–Crippen LogP) is 3.97. The number of alkyl halides is 3. The Morgan fingerprint density at radius 3 is 2.41 bits per heavy atom. The number of pyridine rings is 1. The highest BCUT2D eigenvalue weighted by Crippen LogP contribution is 2.44. The third-order valence-corrected chi connectivity index (χ3v) is 4.68. The number of aromatic nitrogens is 3. The SMILES string of the molecule is C#Cc1nc(-c2cc(N)c(Cl)c(C)c2C(F)(F)F)c(F)c2nc(OC)nc(N)c12. The summed E-state index contributed by atoms with van der Waals surface area (Å²) in [5, 5.41) is -0.422. The van der Waals surface area contributed by atoms with E-state index in [0.717, 1.165) is 13.0 Å². The van der Waals surface area contributed by atoms with Crippen molar-refractivity contribution in [3.63, 3.8) is 0 Å². The summed E-state index contributed by atoms with van der Waals surface area (Å²) in [5.74, 6) is 0.735. The number of methoxy groups -OCH3 is 1. The third-order valence-electron chi connectivity index (χ3n) is 4.18. The molecule has 0 saturated carbocycles. The largest absolute Gasteiger partial charge is 0.467 e. The molecule has 150 valence electrons. The van der Waals surface area contributed by atoms with Crippen LogP contribution in [-0.4, -0.2) is 22.1 Å². The van der Waals surface area contributed by atoms with Crippen molar-refractivity contribution in [3.05, 3.63) is 33.7 Å². The first-order chi connectivity index (χ1) is 13.5. The van der Waals surface area contributed by atoms with Crippen LogP contribution in [0.3, 0.4) is 0 Å². The highest BCUT2D eigenvalue weighted by molar-refractivity contribution is 6.34. The van der Waals surface area contributed by atoms with E-state index in [-0.39, 0.29) is 39.2 Å². The lowest BCUT2D eigenvalue weighted by Gasteiger charge is -2.19. The van der Waals surface area contributed by atoms with Gasteiger partial charge in [-0.1, -0.05) is 11.6 Å². The van der Waals surface area contributed by atoms with Gasteiger partial charge in [-0.05, 0) is 24.5 Å². The van der Waals surface area contributed by atoms with E-state index in [1.807, 2.05) is 0 Å². The molecule has 11 heteroatoms. The van der Waals surface area contributed by atoms with Crippen molar-refractivity contribution in [1.82, 2.24) is 15.0 Å². The summed E-state index contributed by atoms with van der Waals surface area (Å²) in [6, 6.07) is 0.592. The molecule has 3 aromatic rings. The molecule has 0 bridgehead atoms. The second-order valence-electron chi connectivity index (χ2n) is 5.91. The van der Waals surface area contributed by atoms with E-state index in [4.69, 9.17) is 34.2 Å². The van der Waals surface area contributed by atoms with Gasteiger partial charge in [0.25, 0.3) is 0 Å². The summed E-state index contributed by atoms with van der Waals surface area (Å²) in [5.41, 5.74) is 7.73. The first-order valence-electron chi connectivity index (χ1n) is 7.84. The van der Waals surface area contributed by atoms with Gasteiger partial charge in [0.05, 0.1) is 28.8 Å². The number of fused-ring (bicyclic) bond motifs is 1. The fourth-order valence-electron chi connectivity index (χ4n) is 2.92.